The molecule has 2 heterocycles. The summed E-state index contributed by atoms with van der Waals surface area (Å²) in [5.74, 6) is 0.0662. The van der Waals surface area contributed by atoms with Crippen molar-refractivity contribution >= 4 is 5.91 Å². The van der Waals surface area contributed by atoms with Crippen LogP contribution in [0.2, 0.25) is 0 Å². The molecule has 1 aromatic rings. The molecule has 1 saturated heterocycles. The van der Waals surface area contributed by atoms with Gasteiger partial charge in [-0.1, -0.05) is 12.1 Å². The van der Waals surface area contributed by atoms with Gasteiger partial charge >= 0.3 is 6.18 Å². The Balaban J connectivity index is 1.87. The summed E-state index contributed by atoms with van der Waals surface area (Å²) in [4.78, 5) is 17.6. The predicted molar refractivity (Wildman–Crippen MR) is 81.7 cm³/mol. The molecule has 3 nitrogen and oxygen atoms in total. The predicted octanol–water partition coefficient (Wildman–Crippen LogP) is 3.99. The minimum absolute atomic E-state index is 0.0662. The van der Waals surface area contributed by atoms with Gasteiger partial charge in [-0.3, -0.25) is 9.78 Å². The van der Waals surface area contributed by atoms with Crippen molar-refractivity contribution in [3.05, 3.63) is 42.2 Å². The molecule has 0 aliphatic carbocycles. The molecule has 1 unspecified atom stereocenters. The first-order valence-corrected chi connectivity index (χ1v) is 7.84. The molecule has 23 heavy (non-hydrogen) atoms. The highest BCUT2D eigenvalue weighted by Crippen LogP contribution is 2.27. The molecule has 1 amide bonds. The summed E-state index contributed by atoms with van der Waals surface area (Å²) in [6.45, 7) is 4.47. The number of carbonyl (C=O) groups is 1. The highest BCUT2D eigenvalue weighted by molar-refractivity contribution is 5.77. The maximum absolute atomic E-state index is 12.5. The molecule has 2 rings (SSSR count). The number of hydrogen-bond donors (Lipinski definition) is 0. The van der Waals surface area contributed by atoms with Gasteiger partial charge in [0.05, 0.1) is 0 Å². The van der Waals surface area contributed by atoms with E-state index in [1.807, 2.05) is 11.0 Å². The van der Waals surface area contributed by atoms with E-state index < -0.39 is 11.9 Å². The van der Waals surface area contributed by atoms with Crippen molar-refractivity contribution < 1.29 is 18.0 Å². The van der Waals surface area contributed by atoms with Gasteiger partial charge in [0.1, 0.15) is 5.69 Å². The Hall–Kier alpha value is -1.85. The molecule has 1 aliphatic rings. The van der Waals surface area contributed by atoms with Crippen molar-refractivity contribution in [3.63, 3.8) is 0 Å². The Morgan fingerprint density at radius 3 is 2.83 bits per heavy atom. The van der Waals surface area contributed by atoms with Gasteiger partial charge in [-0.05, 0) is 43.7 Å². The number of likely N-dealkylation sites (tertiary alicyclic amines) is 1. The molecule has 0 spiro atoms. The van der Waals surface area contributed by atoms with Crippen molar-refractivity contribution in [2.24, 2.45) is 0 Å². The zero-order valence-electron chi connectivity index (χ0n) is 13.0. The smallest absolute Gasteiger partial charge is 0.340 e. The summed E-state index contributed by atoms with van der Waals surface area (Å²) < 4.78 is 37.4. The number of aryl methyl sites for hydroxylation is 1. The van der Waals surface area contributed by atoms with Crippen LogP contribution in [-0.4, -0.2) is 28.4 Å². The maximum atomic E-state index is 12.5. The lowest BCUT2D eigenvalue weighted by Crippen LogP contribution is -2.35. The SMILES string of the molecule is C=CCCC1CCCN1C(=O)CCc1ccc(C(F)(F)F)nc1. The van der Waals surface area contributed by atoms with Crippen molar-refractivity contribution in [3.8, 4) is 0 Å². The van der Waals surface area contributed by atoms with Crippen LogP contribution in [0.3, 0.4) is 0 Å². The largest absolute Gasteiger partial charge is 0.433 e. The first-order chi connectivity index (χ1) is 10.9. The Kier molecular flexibility index (Phi) is 5.80. The number of hydrogen-bond acceptors (Lipinski definition) is 2. The van der Waals surface area contributed by atoms with Crippen LogP contribution in [0.4, 0.5) is 13.2 Å². The second-order valence-corrected chi connectivity index (χ2v) is 5.80. The van der Waals surface area contributed by atoms with Crippen LogP contribution in [0, 0.1) is 0 Å². The molecule has 126 valence electrons. The number of allylic oxidation sites excluding steroid dienone is 1. The van der Waals surface area contributed by atoms with Crippen LogP contribution in [-0.2, 0) is 17.4 Å². The van der Waals surface area contributed by atoms with Crippen LogP contribution in [0.5, 0.6) is 0 Å². The van der Waals surface area contributed by atoms with Gasteiger partial charge in [0.25, 0.3) is 0 Å². The standard InChI is InChI=1S/C17H21F3N2O/c1-2-3-5-14-6-4-11-22(14)16(23)10-8-13-7-9-15(21-12-13)17(18,19)20/h2,7,9,12,14H,1,3-6,8,10-11H2. The molecule has 1 atom stereocenters. The quantitative estimate of drug-likeness (QED) is 0.741. The Morgan fingerprint density at radius 1 is 1.43 bits per heavy atom. The molecule has 6 heteroatoms. The number of halogens is 3. The van der Waals surface area contributed by atoms with Gasteiger partial charge in [-0.15, -0.1) is 6.58 Å². The molecule has 0 aromatic carbocycles. The average molecular weight is 326 g/mol. The third-order valence-electron chi connectivity index (χ3n) is 4.14. The van der Waals surface area contributed by atoms with Crippen molar-refractivity contribution in [1.82, 2.24) is 9.88 Å². The van der Waals surface area contributed by atoms with Gasteiger partial charge in [0, 0.05) is 25.2 Å². The summed E-state index contributed by atoms with van der Waals surface area (Å²) in [6.07, 6.45) is 3.18. The number of amides is 1. The van der Waals surface area contributed by atoms with Crippen LogP contribution in [0.25, 0.3) is 0 Å². The van der Waals surface area contributed by atoms with Gasteiger partial charge in [-0.25, -0.2) is 0 Å². The van der Waals surface area contributed by atoms with Gasteiger partial charge in [0.2, 0.25) is 5.91 Å². The molecule has 0 radical (unpaired) electrons. The zero-order valence-corrected chi connectivity index (χ0v) is 13.0. The van der Waals surface area contributed by atoms with Crippen LogP contribution in [0.1, 0.15) is 43.4 Å². The highest BCUT2D eigenvalue weighted by Gasteiger charge is 2.32. The topological polar surface area (TPSA) is 33.2 Å². The molecular weight excluding hydrogens is 305 g/mol. The lowest BCUT2D eigenvalue weighted by molar-refractivity contribution is -0.141. The van der Waals surface area contributed by atoms with Crippen LogP contribution < -0.4 is 0 Å². The molecule has 0 bridgehead atoms. The molecule has 0 N–H and O–H groups in total. The maximum Gasteiger partial charge on any atom is 0.433 e. The third kappa shape index (κ3) is 4.81. The Bertz CT molecular complexity index is 540. The molecule has 1 fully saturated rings. The summed E-state index contributed by atoms with van der Waals surface area (Å²) >= 11 is 0. The van der Waals surface area contributed by atoms with E-state index in [1.165, 1.54) is 12.3 Å². The monoisotopic (exact) mass is 326 g/mol. The zero-order chi connectivity index (χ0) is 16.9. The lowest BCUT2D eigenvalue weighted by Gasteiger charge is -2.24. The minimum atomic E-state index is -4.43. The molecule has 1 aromatic heterocycles. The second kappa shape index (κ2) is 7.62. The van der Waals surface area contributed by atoms with Crippen LogP contribution >= 0.6 is 0 Å². The van der Waals surface area contributed by atoms with Crippen LogP contribution in [0.15, 0.2) is 31.0 Å². The number of alkyl halides is 3. The van der Waals surface area contributed by atoms with Gasteiger partial charge in [0.15, 0.2) is 0 Å². The number of rotatable bonds is 6. The fraction of sp³-hybridized carbons (Fsp3) is 0.529. The summed E-state index contributed by atoms with van der Waals surface area (Å²) in [7, 11) is 0. The van der Waals surface area contributed by atoms with E-state index in [9.17, 15) is 18.0 Å². The third-order valence-corrected chi connectivity index (χ3v) is 4.14. The Labute approximate surface area is 134 Å². The first kappa shape index (κ1) is 17.5. The van der Waals surface area contributed by atoms with E-state index in [0.717, 1.165) is 38.3 Å². The first-order valence-electron chi connectivity index (χ1n) is 7.84. The molecule has 0 saturated carbocycles. The van der Waals surface area contributed by atoms with E-state index in [-0.39, 0.29) is 11.9 Å². The van der Waals surface area contributed by atoms with Crippen molar-refractivity contribution in [2.45, 2.75) is 50.7 Å². The van der Waals surface area contributed by atoms with Gasteiger partial charge in [-0.2, -0.15) is 13.2 Å². The average Bonchev–Trinajstić information content (AvgIpc) is 2.98. The van der Waals surface area contributed by atoms with E-state index in [0.29, 0.717) is 18.4 Å². The minimum Gasteiger partial charge on any atom is -0.340 e. The van der Waals surface area contributed by atoms with E-state index in [1.54, 1.807) is 0 Å². The molecule has 1 aliphatic heterocycles. The van der Waals surface area contributed by atoms with Crippen molar-refractivity contribution in [1.29, 1.82) is 0 Å². The summed E-state index contributed by atoms with van der Waals surface area (Å²) in [6, 6.07) is 2.62. The summed E-state index contributed by atoms with van der Waals surface area (Å²) in [5, 5.41) is 0. The fourth-order valence-electron chi connectivity index (χ4n) is 2.91. The number of aromatic nitrogens is 1. The fourth-order valence-corrected chi connectivity index (χ4v) is 2.91. The van der Waals surface area contributed by atoms with E-state index in [4.69, 9.17) is 0 Å². The van der Waals surface area contributed by atoms with E-state index in [2.05, 4.69) is 11.6 Å². The van der Waals surface area contributed by atoms with Gasteiger partial charge < -0.3 is 4.90 Å². The number of carbonyl (C=O) groups excluding carboxylic acids is 1. The lowest BCUT2D eigenvalue weighted by atomic mass is 10.1. The second-order valence-electron chi connectivity index (χ2n) is 5.80. The Morgan fingerprint density at radius 2 is 2.22 bits per heavy atom. The summed E-state index contributed by atoms with van der Waals surface area (Å²) in [5.41, 5.74) is -0.259. The normalized spacial score (nSPS) is 18.2. The number of nitrogens with zero attached hydrogens (tertiary/aromatic N) is 2. The van der Waals surface area contributed by atoms with Crippen molar-refractivity contribution in [2.75, 3.05) is 6.54 Å². The highest BCUT2D eigenvalue weighted by atomic mass is 19.4. The number of pyridine rings is 1. The van der Waals surface area contributed by atoms with E-state index >= 15 is 0 Å². The molecular formula is C17H21F3N2O.